The third-order valence-electron chi connectivity index (χ3n) is 6.60. The molecule has 0 saturated carbocycles. The Labute approximate surface area is 216 Å². The molecule has 0 aliphatic carbocycles. The number of hydrogen-bond donors (Lipinski definition) is 2. The molecule has 1 saturated heterocycles. The summed E-state index contributed by atoms with van der Waals surface area (Å²) in [6.07, 6.45) is 9.92. The van der Waals surface area contributed by atoms with Crippen molar-refractivity contribution in [3.8, 4) is 0 Å². The predicted octanol–water partition coefficient (Wildman–Crippen LogP) is 3.88. The quantitative estimate of drug-likeness (QED) is 0.125. The number of carbonyl (C=O) groups excluding carboxylic acids is 3. The van der Waals surface area contributed by atoms with Crippen molar-refractivity contribution >= 4 is 17.6 Å². The number of aliphatic hydroxyl groups excluding tert-OH is 1. The molecule has 0 radical (unpaired) electrons. The van der Waals surface area contributed by atoms with Crippen LogP contribution in [0.4, 0.5) is 0 Å². The summed E-state index contributed by atoms with van der Waals surface area (Å²) in [5.74, 6) is -1.12. The van der Waals surface area contributed by atoms with Crippen LogP contribution < -0.4 is 5.32 Å². The fourth-order valence-corrected chi connectivity index (χ4v) is 4.49. The Hall–Kier alpha value is -2.13. The van der Waals surface area contributed by atoms with Gasteiger partial charge in [0.05, 0.1) is 12.2 Å². The lowest BCUT2D eigenvalue weighted by atomic mass is 9.87. The second-order valence-corrected chi connectivity index (χ2v) is 9.64. The molecular formula is C28H45NO7. The van der Waals surface area contributed by atoms with E-state index in [1.807, 2.05) is 39.0 Å². The number of methoxy groups -OCH3 is 2. The molecule has 0 bridgehead atoms. The van der Waals surface area contributed by atoms with Crippen molar-refractivity contribution in [3.63, 3.8) is 0 Å². The maximum atomic E-state index is 12.7. The second kappa shape index (κ2) is 17.3. The van der Waals surface area contributed by atoms with Gasteiger partial charge in [0, 0.05) is 45.3 Å². The third-order valence-corrected chi connectivity index (χ3v) is 6.60. The first-order valence-electron chi connectivity index (χ1n) is 12.8. The minimum atomic E-state index is -0.840. The average Bonchev–Trinajstić information content (AvgIpc) is 2.83. The summed E-state index contributed by atoms with van der Waals surface area (Å²) in [7, 11) is 3.14. The minimum absolute atomic E-state index is 0.00195. The summed E-state index contributed by atoms with van der Waals surface area (Å²) in [6, 6.07) is 0. The average molecular weight is 508 g/mol. The van der Waals surface area contributed by atoms with Gasteiger partial charge in [-0.25, -0.2) is 0 Å². The molecular weight excluding hydrogens is 462 g/mol. The zero-order valence-corrected chi connectivity index (χ0v) is 22.5. The summed E-state index contributed by atoms with van der Waals surface area (Å²) in [6.45, 7) is 9.31. The van der Waals surface area contributed by atoms with E-state index in [0.717, 1.165) is 12.8 Å². The van der Waals surface area contributed by atoms with Gasteiger partial charge >= 0.3 is 0 Å². The SMILES string of the molecule is C=CCCC=C[C@H](OC)[C@@H](OCOC)[C@H](C)[C@@H](O)C(C)=C[C@H](C)C(=O)CCCC1CC(=O)NC(=O)C1. The van der Waals surface area contributed by atoms with Gasteiger partial charge in [-0.2, -0.15) is 0 Å². The van der Waals surface area contributed by atoms with Crippen molar-refractivity contribution < 1.29 is 33.7 Å². The third kappa shape index (κ3) is 11.3. The Kier molecular flexibility index (Phi) is 15.4. The van der Waals surface area contributed by atoms with Crippen molar-refractivity contribution in [2.24, 2.45) is 17.8 Å². The van der Waals surface area contributed by atoms with Crippen LogP contribution in [0.2, 0.25) is 0 Å². The van der Waals surface area contributed by atoms with E-state index in [9.17, 15) is 19.5 Å². The molecule has 1 rings (SSSR count). The van der Waals surface area contributed by atoms with Crippen LogP contribution >= 0.6 is 0 Å². The van der Waals surface area contributed by atoms with Crippen LogP contribution in [0.1, 0.15) is 65.7 Å². The lowest BCUT2D eigenvalue weighted by Gasteiger charge is -2.32. The van der Waals surface area contributed by atoms with Gasteiger partial charge in [0.15, 0.2) is 0 Å². The number of Topliss-reactive ketones (excluding diaryl/α,β-unsaturated/α-hetero) is 1. The van der Waals surface area contributed by atoms with Crippen LogP contribution in [0.15, 0.2) is 36.5 Å². The highest BCUT2D eigenvalue weighted by molar-refractivity contribution is 5.97. The minimum Gasteiger partial charge on any atom is -0.388 e. The number of hydrogen-bond acceptors (Lipinski definition) is 7. The lowest BCUT2D eigenvalue weighted by Crippen LogP contribution is -2.41. The zero-order valence-electron chi connectivity index (χ0n) is 22.5. The van der Waals surface area contributed by atoms with Crippen molar-refractivity contribution in [2.75, 3.05) is 21.0 Å². The van der Waals surface area contributed by atoms with E-state index in [4.69, 9.17) is 14.2 Å². The standard InChI is InChI=1S/C28H45NO7/c1-7-8-9-10-14-24(35-6)28(36-18-34-5)21(4)27(33)20(3)15-19(2)23(30)13-11-12-22-16-25(31)29-26(32)17-22/h7,10,14-15,19,21-22,24,27-28,33H,1,8-9,11-13,16-18H2,2-6H3,(H,29,31,32)/t19-,21+,24-,27-,28-/m0/s1. The van der Waals surface area contributed by atoms with Gasteiger partial charge in [0.2, 0.25) is 11.8 Å². The van der Waals surface area contributed by atoms with Crippen LogP contribution in [0.25, 0.3) is 0 Å². The molecule has 8 heteroatoms. The van der Waals surface area contributed by atoms with E-state index in [0.29, 0.717) is 37.7 Å². The molecule has 0 spiro atoms. The van der Waals surface area contributed by atoms with Gasteiger partial charge in [-0.3, -0.25) is 19.7 Å². The topological polar surface area (TPSA) is 111 Å². The molecule has 2 amide bonds. The van der Waals surface area contributed by atoms with Gasteiger partial charge in [-0.15, -0.1) is 6.58 Å². The molecule has 8 nitrogen and oxygen atoms in total. The lowest BCUT2D eigenvalue weighted by molar-refractivity contribution is -0.139. The molecule has 0 aromatic rings. The monoisotopic (exact) mass is 507 g/mol. The van der Waals surface area contributed by atoms with E-state index in [1.54, 1.807) is 20.3 Å². The summed E-state index contributed by atoms with van der Waals surface area (Å²) in [5.41, 5.74) is 0.689. The molecule has 1 aliphatic rings. The Morgan fingerprint density at radius 3 is 2.44 bits per heavy atom. The van der Waals surface area contributed by atoms with Gasteiger partial charge in [-0.1, -0.05) is 38.2 Å². The molecule has 1 heterocycles. The summed E-state index contributed by atoms with van der Waals surface area (Å²) < 4.78 is 16.6. The van der Waals surface area contributed by atoms with E-state index >= 15 is 0 Å². The molecule has 204 valence electrons. The van der Waals surface area contributed by atoms with Crippen molar-refractivity contribution in [1.29, 1.82) is 0 Å². The first-order valence-corrected chi connectivity index (χ1v) is 12.8. The maximum absolute atomic E-state index is 12.7. The number of imide groups is 1. The second-order valence-electron chi connectivity index (χ2n) is 9.64. The molecule has 1 fully saturated rings. The Balaban J connectivity index is 2.73. The number of ketones is 1. The Morgan fingerprint density at radius 2 is 1.86 bits per heavy atom. The highest BCUT2D eigenvalue weighted by Gasteiger charge is 2.32. The molecule has 0 aromatic carbocycles. The summed E-state index contributed by atoms with van der Waals surface area (Å²) in [4.78, 5) is 35.7. The van der Waals surface area contributed by atoms with Gasteiger partial charge in [0.1, 0.15) is 18.7 Å². The van der Waals surface area contributed by atoms with Crippen LogP contribution in [0.5, 0.6) is 0 Å². The number of unbranched alkanes of at least 4 members (excludes halogenated alkanes) is 1. The summed E-state index contributed by atoms with van der Waals surface area (Å²) in [5, 5.41) is 13.4. The van der Waals surface area contributed by atoms with Crippen LogP contribution in [-0.2, 0) is 28.6 Å². The number of aliphatic hydroxyl groups is 1. The fraction of sp³-hybridized carbons (Fsp3) is 0.679. The molecule has 0 unspecified atom stereocenters. The normalized spacial score (nSPS) is 19.6. The number of rotatable bonds is 18. The van der Waals surface area contributed by atoms with Gasteiger partial charge < -0.3 is 19.3 Å². The first-order chi connectivity index (χ1) is 17.1. The Morgan fingerprint density at radius 1 is 1.19 bits per heavy atom. The summed E-state index contributed by atoms with van der Waals surface area (Å²) >= 11 is 0. The van der Waals surface area contributed by atoms with Crippen LogP contribution in [-0.4, -0.2) is 62.0 Å². The molecule has 2 N–H and O–H groups in total. The number of piperidine rings is 1. The van der Waals surface area contributed by atoms with Crippen LogP contribution in [0.3, 0.4) is 0 Å². The predicted molar refractivity (Wildman–Crippen MR) is 139 cm³/mol. The fourth-order valence-electron chi connectivity index (χ4n) is 4.49. The largest absolute Gasteiger partial charge is 0.388 e. The van der Waals surface area contributed by atoms with Gasteiger partial charge in [-0.05, 0) is 44.1 Å². The van der Waals surface area contributed by atoms with Crippen molar-refractivity contribution in [3.05, 3.63) is 36.5 Å². The number of nitrogens with one attached hydrogen (secondary N) is 1. The maximum Gasteiger partial charge on any atom is 0.226 e. The molecule has 36 heavy (non-hydrogen) atoms. The number of amides is 2. The smallest absolute Gasteiger partial charge is 0.226 e. The van der Waals surface area contributed by atoms with E-state index < -0.39 is 12.2 Å². The highest BCUT2D eigenvalue weighted by Crippen LogP contribution is 2.25. The molecule has 1 aliphatic heterocycles. The van der Waals surface area contributed by atoms with Crippen molar-refractivity contribution in [1.82, 2.24) is 5.32 Å². The Bertz CT molecular complexity index is 760. The van der Waals surface area contributed by atoms with Gasteiger partial charge in [0.25, 0.3) is 0 Å². The van der Waals surface area contributed by atoms with E-state index in [-0.39, 0.29) is 48.2 Å². The molecule has 5 atom stereocenters. The van der Waals surface area contributed by atoms with E-state index in [2.05, 4.69) is 11.9 Å². The highest BCUT2D eigenvalue weighted by atomic mass is 16.7. The zero-order chi connectivity index (χ0) is 27.1. The first kappa shape index (κ1) is 31.9. The van der Waals surface area contributed by atoms with Crippen LogP contribution in [0, 0.1) is 17.8 Å². The number of allylic oxidation sites excluding steroid dienone is 3. The number of carbonyl (C=O) groups is 3. The molecule has 0 aromatic heterocycles. The van der Waals surface area contributed by atoms with E-state index in [1.165, 1.54) is 0 Å². The van der Waals surface area contributed by atoms with Crippen molar-refractivity contribution in [2.45, 2.75) is 84.0 Å². The number of ether oxygens (including phenoxy) is 3.